The Morgan fingerprint density at radius 1 is 0.854 bits per heavy atom. The first kappa shape index (κ1) is 36.6. The van der Waals surface area contributed by atoms with Crippen molar-refractivity contribution in [2.45, 2.75) is 80.1 Å². The number of unbranched alkanes of at least 4 members (excludes halogenated alkanes) is 1. The highest BCUT2D eigenvalue weighted by molar-refractivity contribution is 7.85. The van der Waals surface area contributed by atoms with Crippen LogP contribution >= 0.6 is 0 Å². The summed E-state index contributed by atoms with van der Waals surface area (Å²) in [6, 6.07) is 13.5. The van der Waals surface area contributed by atoms with Gasteiger partial charge in [0.25, 0.3) is 0 Å². The minimum atomic E-state index is -4.21. The van der Waals surface area contributed by atoms with Crippen LogP contribution in [0.2, 0.25) is 0 Å². The first-order valence-electron chi connectivity index (χ1n) is 16.5. The number of hydrogen-bond acceptors (Lipinski definition) is 8. The van der Waals surface area contributed by atoms with E-state index in [1.807, 2.05) is 102 Å². The third kappa shape index (κ3) is 8.62. The number of aliphatic imine (C=N–C) groups is 1. The van der Waals surface area contributed by atoms with Gasteiger partial charge in [-0.1, -0.05) is 37.6 Å². The van der Waals surface area contributed by atoms with Crippen molar-refractivity contribution in [1.29, 1.82) is 0 Å². The summed E-state index contributed by atoms with van der Waals surface area (Å²) < 4.78 is 32.7. The molecule has 1 aliphatic carbocycles. The Hall–Kier alpha value is -4.21. The van der Waals surface area contributed by atoms with Crippen LogP contribution in [0.15, 0.2) is 70.3 Å². The lowest BCUT2D eigenvalue weighted by Gasteiger charge is -2.22. The number of phenolic OH excluding ortho intramolecular Hbond substituents is 2. The Balaban J connectivity index is 1.72. The molecule has 0 heterocycles. The molecule has 2 N–H and O–H groups in total. The number of hydrogen-bond donors (Lipinski definition) is 2. The van der Waals surface area contributed by atoms with Gasteiger partial charge in [-0.3, -0.25) is 4.79 Å². The zero-order valence-corrected chi connectivity index (χ0v) is 29.9. The van der Waals surface area contributed by atoms with Gasteiger partial charge in [-0.25, -0.2) is 13.4 Å². The molecule has 0 radical (unpaired) electrons. The number of aryl methyl sites for hydroxylation is 3. The lowest BCUT2D eigenvalue weighted by atomic mass is 9.82. The second kappa shape index (κ2) is 15.3. The molecule has 1 aliphatic rings. The number of anilines is 1. The average molecular weight is 672 g/mol. The molecule has 0 bridgehead atoms. The van der Waals surface area contributed by atoms with Crippen LogP contribution in [0.4, 0.5) is 11.4 Å². The average Bonchev–Trinajstić information content (AvgIpc) is 3.03. The Bertz CT molecular complexity index is 1900. The number of carbonyl (C=O) groups excluding carboxylic acids is 1. The molecule has 3 aromatic carbocycles. The quantitative estimate of drug-likeness (QED) is 0.111. The van der Waals surface area contributed by atoms with Gasteiger partial charge in [0.2, 0.25) is 0 Å². The first-order chi connectivity index (χ1) is 22.6. The van der Waals surface area contributed by atoms with E-state index in [1.54, 1.807) is 0 Å². The van der Waals surface area contributed by atoms with Gasteiger partial charge < -0.3 is 19.7 Å². The van der Waals surface area contributed by atoms with Gasteiger partial charge in [0, 0.05) is 49.0 Å². The van der Waals surface area contributed by atoms with E-state index < -0.39 is 10.1 Å². The monoisotopic (exact) mass is 671 g/mol. The number of nitrogens with zero attached hydrogens (tertiary/aromatic N) is 2. The van der Waals surface area contributed by atoms with Crippen LogP contribution in [0.3, 0.4) is 0 Å². The van der Waals surface area contributed by atoms with Gasteiger partial charge in [-0.05, 0) is 123 Å². The molecule has 0 saturated carbocycles. The highest BCUT2D eigenvalue weighted by Crippen LogP contribution is 2.35. The smallest absolute Gasteiger partial charge is 0.186 e. The number of aromatic hydroxyl groups is 2. The topological polar surface area (TPSA) is 130 Å². The van der Waals surface area contributed by atoms with Gasteiger partial charge in [-0.2, -0.15) is 0 Å². The summed E-state index contributed by atoms with van der Waals surface area (Å²) in [6.45, 7) is 12.4. The third-order valence-corrected chi connectivity index (χ3v) is 10.1. The van der Waals surface area contributed by atoms with Crippen molar-refractivity contribution in [3.05, 3.63) is 104 Å². The molecular formula is C39H47N2O6S-. The molecule has 0 saturated heterocycles. The second-order valence-electron chi connectivity index (χ2n) is 12.8. The Labute approximate surface area is 285 Å². The number of rotatable bonds is 13. The molecule has 8 nitrogen and oxygen atoms in total. The first-order valence-corrected chi connectivity index (χ1v) is 18.1. The van der Waals surface area contributed by atoms with Crippen LogP contribution in [0.25, 0.3) is 0 Å². The van der Waals surface area contributed by atoms with Crippen molar-refractivity contribution in [2.24, 2.45) is 4.99 Å². The zero-order chi connectivity index (χ0) is 35.3. The molecule has 48 heavy (non-hydrogen) atoms. The van der Waals surface area contributed by atoms with E-state index in [0.29, 0.717) is 72.5 Å². The van der Waals surface area contributed by atoms with E-state index in [4.69, 9.17) is 4.99 Å². The van der Waals surface area contributed by atoms with E-state index >= 15 is 0 Å². The summed E-state index contributed by atoms with van der Waals surface area (Å²) >= 11 is 0. The normalized spacial score (nSPS) is 14.5. The van der Waals surface area contributed by atoms with E-state index in [1.165, 1.54) is 0 Å². The van der Waals surface area contributed by atoms with E-state index in [9.17, 15) is 28.0 Å². The lowest BCUT2D eigenvalue weighted by Crippen LogP contribution is -2.21. The largest absolute Gasteiger partial charge is 0.748 e. The predicted octanol–water partition coefficient (Wildman–Crippen LogP) is 7.29. The summed E-state index contributed by atoms with van der Waals surface area (Å²) in [6.07, 6.45) is 4.76. The summed E-state index contributed by atoms with van der Waals surface area (Å²) in [4.78, 5) is 21.2. The fourth-order valence-corrected chi connectivity index (χ4v) is 6.95. The van der Waals surface area contributed by atoms with Crippen molar-refractivity contribution in [1.82, 2.24) is 0 Å². The highest BCUT2D eigenvalue weighted by Gasteiger charge is 2.27. The minimum Gasteiger partial charge on any atom is -0.748 e. The molecule has 0 fully saturated rings. The van der Waals surface area contributed by atoms with Gasteiger partial charge >= 0.3 is 0 Å². The molecule has 0 aromatic heterocycles. The fraction of sp³-hybridized carbons (Fsp3) is 0.385. The van der Waals surface area contributed by atoms with Crippen LogP contribution in [0.1, 0.15) is 72.6 Å². The number of ketones is 1. The summed E-state index contributed by atoms with van der Waals surface area (Å²) in [5, 5.41) is 21.8. The van der Waals surface area contributed by atoms with Crippen LogP contribution in [0.5, 0.6) is 11.5 Å². The molecular weight excluding hydrogens is 625 g/mol. The van der Waals surface area contributed by atoms with Crippen molar-refractivity contribution < 1.29 is 28.0 Å². The molecule has 0 aliphatic heterocycles. The summed E-state index contributed by atoms with van der Waals surface area (Å²) in [5.41, 5.74) is 10.4. The zero-order valence-electron chi connectivity index (χ0n) is 29.1. The SMILES string of the molecule is CCc1cc(C)cc(CC2=C(C)C(=Nc3ccc(N(C)CCCCS(=O)(=O)[O-])cc3)C=C(Cc3cc(C)c(O)c(CC)c3C)C2=O)c1O. The maximum absolute atomic E-state index is 14.2. The van der Waals surface area contributed by atoms with E-state index in [2.05, 4.69) is 0 Å². The highest BCUT2D eigenvalue weighted by atomic mass is 32.2. The number of benzene rings is 3. The summed E-state index contributed by atoms with van der Waals surface area (Å²) in [7, 11) is -2.30. The molecule has 0 atom stereocenters. The lowest BCUT2D eigenvalue weighted by molar-refractivity contribution is -0.112. The molecule has 4 rings (SSSR count). The molecule has 0 amide bonds. The fourth-order valence-electron chi connectivity index (χ4n) is 6.39. The minimum absolute atomic E-state index is 0.0738. The molecule has 0 unspecified atom stereocenters. The standard InChI is InChI=1S/C39H48N2O6S/c1-8-28-18-24(3)19-30(38(28)43)22-35-27(6)36(23-31(39(35)44)21-29-20-25(4)37(42)34(9-2)26(29)5)40-32-12-14-33(15-13-32)41(7)16-10-11-17-48(45,46)47/h12-15,18-20,23,42-43H,8-11,16-17,21-22H2,1-7H3,(H,45,46,47)/p-1. The van der Waals surface area contributed by atoms with E-state index in [-0.39, 0.29) is 23.7 Å². The Kier molecular flexibility index (Phi) is 11.7. The van der Waals surface area contributed by atoms with Gasteiger partial charge in [-0.15, -0.1) is 0 Å². The van der Waals surface area contributed by atoms with Gasteiger partial charge in [0.15, 0.2) is 5.78 Å². The van der Waals surface area contributed by atoms with Crippen molar-refractivity contribution in [3.8, 4) is 11.5 Å². The molecule has 3 aromatic rings. The number of Topliss-reactive ketones (excluding diaryl/α,β-unsaturated/α-hetero) is 1. The van der Waals surface area contributed by atoms with Crippen molar-refractivity contribution in [2.75, 3.05) is 24.2 Å². The maximum atomic E-state index is 14.2. The number of phenols is 2. The van der Waals surface area contributed by atoms with Gasteiger partial charge in [0.1, 0.15) is 11.5 Å². The van der Waals surface area contributed by atoms with E-state index in [0.717, 1.165) is 44.6 Å². The van der Waals surface area contributed by atoms with Crippen LogP contribution in [-0.2, 0) is 40.6 Å². The Morgan fingerprint density at radius 3 is 2.15 bits per heavy atom. The van der Waals surface area contributed by atoms with Crippen LogP contribution in [-0.4, -0.2) is 54.0 Å². The van der Waals surface area contributed by atoms with Crippen molar-refractivity contribution >= 4 is 33.0 Å². The van der Waals surface area contributed by atoms with Crippen LogP contribution < -0.4 is 4.90 Å². The Morgan fingerprint density at radius 2 is 1.52 bits per heavy atom. The third-order valence-electron chi connectivity index (χ3n) is 9.27. The molecule has 0 spiro atoms. The second-order valence-corrected chi connectivity index (χ2v) is 14.3. The number of carbonyl (C=O) groups is 1. The number of allylic oxidation sites excluding steroid dienone is 4. The molecule has 256 valence electrons. The summed E-state index contributed by atoms with van der Waals surface area (Å²) in [5.74, 6) is 0.0830. The predicted molar refractivity (Wildman–Crippen MR) is 193 cm³/mol. The van der Waals surface area contributed by atoms with Gasteiger partial charge in [0.05, 0.1) is 21.5 Å². The molecule has 9 heteroatoms. The van der Waals surface area contributed by atoms with Crippen LogP contribution in [0, 0.1) is 20.8 Å². The maximum Gasteiger partial charge on any atom is 0.186 e. The van der Waals surface area contributed by atoms with Crippen molar-refractivity contribution in [3.63, 3.8) is 0 Å².